The van der Waals surface area contributed by atoms with Gasteiger partial charge in [0.1, 0.15) is 4.21 Å². The zero-order valence-electron chi connectivity index (χ0n) is 13.3. The molecular weight excluding hydrogens is 334 g/mol. The van der Waals surface area contributed by atoms with Crippen molar-refractivity contribution in [3.05, 3.63) is 17.5 Å². The monoisotopic (exact) mass is 357 g/mol. The number of carbonyl (C=O) groups is 1. The molecular formula is C15H23N3O3S2. The van der Waals surface area contributed by atoms with Crippen LogP contribution in [0.2, 0.25) is 0 Å². The lowest BCUT2D eigenvalue weighted by Gasteiger charge is -2.24. The van der Waals surface area contributed by atoms with Gasteiger partial charge in [0.2, 0.25) is 5.91 Å². The molecule has 2 aliphatic rings. The second-order valence-electron chi connectivity index (χ2n) is 6.22. The van der Waals surface area contributed by atoms with Gasteiger partial charge in [0, 0.05) is 26.2 Å². The highest BCUT2D eigenvalue weighted by molar-refractivity contribution is 7.91. The number of carbonyl (C=O) groups excluding carboxylic acids is 1. The Kier molecular flexibility index (Phi) is 5.05. The van der Waals surface area contributed by atoms with E-state index in [1.54, 1.807) is 17.5 Å². The summed E-state index contributed by atoms with van der Waals surface area (Å²) in [4.78, 5) is 16.7. The summed E-state index contributed by atoms with van der Waals surface area (Å²) in [5, 5.41) is 1.73. The fraction of sp³-hybridized carbons (Fsp3) is 0.667. The van der Waals surface area contributed by atoms with Crippen LogP contribution in [0, 0.1) is 0 Å². The first kappa shape index (κ1) is 16.9. The molecule has 1 atom stereocenters. The van der Waals surface area contributed by atoms with Gasteiger partial charge < -0.3 is 4.90 Å². The molecule has 1 aromatic heterocycles. The van der Waals surface area contributed by atoms with E-state index in [9.17, 15) is 13.2 Å². The topological polar surface area (TPSA) is 60.9 Å². The van der Waals surface area contributed by atoms with Crippen molar-refractivity contribution in [3.8, 4) is 0 Å². The third-order valence-corrected chi connectivity index (χ3v) is 7.87. The molecule has 6 nitrogen and oxygen atoms in total. The van der Waals surface area contributed by atoms with E-state index in [1.165, 1.54) is 31.2 Å². The average molecular weight is 358 g/mol. The normalized spacial score (nSPS) is 23.0. The fourth-order valence-electron chi connectivity index (χ4n) is 3.31. The summed E-state index contributed by atoms with van der Waals surface area (Å²) in [5.41, 5.74) is 0. The second kappa shape index (κ2) is 6.88. The summed E-state index contributed by atoms with van der Waals surface area (Å²) in [7, 11) is -2.08. The lowest BCUT2D eigenvalue weighted by molar-refractivity contribution is -0.130. The maximum atomic E-state index is 12.4. The molecule has 1 aromatic rings. The van der Waals surface area contributed by atoms with Crippen molar-refractivity contribution >= 4 is 27.3 Å². The Labute approximate surface area is 141 Å². The fourth-order valence-corrected chi connectivity index (χ4v) is 5.63. The van der Waals surface area contributed by atoms with Gasteiger partial charge in [0.15, 0.2) is 0 Å². The molecule has 0 spiro atoms. The molecule has 2 aliphatic heterocycles. The van der Waals surface area contributed by atoms with Gasteiger partial charge in [-0.05, 0) is 43.8 Å². The van der Waals surface area contributed by atoms with Crippen molar-refractivity contribution < 1.29 is 13.2 Å². The highest BCUT2D eigenvalue weighted by atomic mass is 32.2. The van der Waals surface area contributed by atoms with Gasteiger partial charge in [-0.1, -0.05) is 6.07 Å². The largest absolute Gasteiger partial charge is 0.340 e. The van der Waals surface area contributed by atoms with Gasteiger partial charge in [-0.25, -0.2) is 8.42 Å². The zero-order valence-corrected chi connectivity index (χ0v) is 15.0. The molecule has 1 amide bonds. The number of hydrogen-bond donors (Lipinski definition) is 0. The minimum atomic E-state index is -3.56. The SMILES string of the molecule is CN(CC(=O)N1CCC(N2CCCC2)C1)S(=O)(=O)c1cccs1. The van der Waals surface area contributed by atoms with Crippen LogP contribution in [0.25, 0.3) is 0 Å². The Balaban J connectivity index is 1.57. The summed E-state index contributed by atoms with van der Waals surface area (Å²) in [5.74, 6) is -0.102. The van der Waals surface area contributed by atoms with E-state index in [1.807, 2.05) is 4.90 Å². The predicted molar refractivity (Wildman–Crippen MR) is 89.9 cm³/mol. The van der Waals surface area contributed by atoms with Crippen molar-refractivity contribution in [2.75, 3.05) is 39.8 Å². The molecule has 0 aliphatic carbocycles. The van der Waals surface area contributed by atoms with Crippen LogP contribution in [-0.2, 0) is 14.8 Å². The van der Waals surface area contributed by atoms with E-state index in [-0.39, 0.29) is 16.7 Å². The number of likely N-dealkylation sites (N-methyl/N-ethyl adjacent to an activating group) is 1. The van der Waals surface area contributed by atoms with Crippen LogP contribution >= 0.6 is 11.3 Å². The van der Waals surface area contributed by atoms with Crippen molar-refractivity contribution in [1.29, 1.82) is 0 Å². The summed E-state index contributed by atoms with van der Waals surface area (Å²) in [6.45, 7) is 3.62. The summed E-state index contributed by atoms with van der Waals surface area (Å²) >= 11 is 1.17. The zero-order chi connectivity index (χ0) is 16.4. The van der Waals surface area contributed by atoms with E-state index >= 15 is 0 Å². The third-order valence-electron chi connectivity index (χ3n) is 4.69. The molecule has 2 fully saturated rings. The molecule has 3 heterocycles. The van der Waals surface area contributed by atoms with E-state index < -0.39 is 10.0 Å². The lowest BCUT2D eigenvalue weighted by Crippen LogP contribution is -2.42. The lowest BCUT2D eigenvalue weighted by atomic mass is 10.2. The average Bonchev–Trinajstić information content (AvgIpc) is 3.25. The van der Waals surface area contributed by atoms with Crippen LogP contribution in [0.15, 0.2) is 21.7 Å². The molecule has 0 aromatic carbocycles. The molecule has 0 radical (unpaired) electrons. The molecule has 2 saturated heterocycles. The Morgan fingerprint density at radius 3 is 2.74 bits per heavy atom. The Bertz CT molecular complexity index is 639. The maximum absolute atomic E-state index is 12.4. The van der Waals surface area contributed by atoms with Crippen LogP contribution < -0.4 is 0 Å². The van der Waals surface area contributed by atoms with Gasteiger partial charge in [-0.15, -0.1) is 11.3 Å². The van der Waals surface area contributed by atoms with Crippen LogP contribution in [0.5, 0.6) is 0 Å². The molecule has 128 valence electrons. The van der Waals surface area contributed by atoms with Crippen molar-refractivity contribution in [2.45, 2.75) is 29.5 Å². The highest BCUT2D eigenvalue weighted by Gasteiger charge is 2.33. The first-order chi connectivity index (χ1) is 11.0. The van der Waals surface area contributed by atoms with Crippen molar-refractivity contribution in [2.24, 2.45) is 0 Å². The van der Waals surface area contributed by atoms with Crippen molar-refractivity contribution in [1.82, 2.24) is 14.1 Å². The summed E-state index contributed by atoms with van der Waals surface area (Å²) < 4.78 is 26.2. The number of thiophene rings is 1. The van der Waals surface area contributed by atoms with E-state index in [0.29, 0.717) is 6.04 Å². The van der Waals surface area contributed by atoms with Crippen LogP contribution in [0.3, 0.4) is 0 Å². The number of sulfonamides is 1. The van der Waals surface area contributed by atoms with Gasteiger partial charge in [-0.2, -0.15) is 4.31 Å². The molecule has 8 heteroatoms. The van der Waals surface area contributed by atoms with Gasteiger partial charge >= 0.3 is 0 Å². The number of likely N-dealkylation sites (tertiary alicyclic amines) is 2. The van der Waals surface area contributed by atoms with E-state index in [2.05, 4.69) is 4.90 Å². The number of hydrogen-bond acceptors (Lipinski definition) is 5. The smallest absolute Gasteiger partial charge is 0.252 e. The van der Waals surface area contributed by atoms with Crippen LogP contribution in [0.4, 0.5) is 0 Å². The molecule has 3 rings (SSSR count). The number of rotatable bonds is 5. The van der Waals surface area contributed by atoms with E-state index in [0.717, 1.165) is 36.9 Å². The minimum Gasteiger partial charge on any atom is -0.340 e. The summed E-state index contributed by atoms with van der Waals surface area (Å²) in [6, 6.07) is 3.72. The quantitative estimate of drug-likeness (QED) is 0.791. The van der Waals surface area contributed by atoms with E-state index in [4.69, 9.17) is 0 Å². The van der Waals surface area contributed by atoms with Crippen LogP contribution in [0.1, 0.15) is 19.3 Å². The molecule has 0 saturated carbocycles. The Hall–Kier alpha value is -0.960. The molecule has 23 heavy (non-hydrogen) atoms. The highest BCUT2D eigenvalue weighted by Crippen LogP contribution is 2.22. The Morgan fingerprint density at radius 2 is 2.09 bits per heavy atom. The third kappa shape index (κ3) is 3.60. The van der Waals surface area contributed by atoms with Crippen LogP contribution in [-0.4, -0.2) is 74.2 Å². The maximum Gasteiger partial charge on any atom is 0.252 e. The first-order valence-electron chi connectivity index (χ1n) is 8.00. The van der Waals surface area contributed by atoms with Gasteiger partial charge in [-0.3, -0.25) is 9.69 Å². The first-order valence-corrected chi connectivity index (χ1v) is 10.3. The van der Waals surface area contributed by atoms with Crippen molar-refractivity contribution in [3.63, 3.8) is 0 Å². The standard InChI is InChI=1S/C15H23N3O3S2/c1-16(23(20,21)15-5-4-10-22-15)12-14(19)18-9-6-13(11-18)17-7-2-3-8-17/h4-5,10,13H,2-3,6-9,11-12H2,1H3. The minimum absolute atomic E-state index is 0.0903. The predicted octanol–water partition coefficient (Wildman–Crippen LogP) is 1.07. The number of nitrogens with zero attached hydrogens (tertiary/aromatic N) is 3. The summed E-state index contributed by atoms with van der Waals surface area (Å²) in [6.07, 6.45) is 3.48. The molecule has 0 bridgehead atoms. The van der Waals surface area contributed by atoms with Gasteiger partial charge in [0.25, 0.3) is 10.0 Å². The molecule has 0 N–H and O–H groups in total. The van der Waals surface area contributed by atoms with Gasteiger partial charge in [0.05, 0.1) is 6.54 Å². The number of amides is 1. The second-order valence-corrected chi connectivity index (χ2v) is 9.44. The Morgan fingerprint density at radius 1 is 1.35 bits per heavy atom. The molecule has 1 unspecified atom stereocenters.